The first-order valence-electron chi connectivity index (χ1n) is 12.2. The number of likely N-dealkylation sites (N-methyl/N-ethyl adjacent to an activating group) is 2. The molecule has 0 amide bonds. The molecule has 6 heterocycles. The fourth-order valence-corrected chi connectivity index (χ4v) is 8.07. The quantitative estimate of drug-likeness (QED) is 0.832. The Kier molecular flexibility index (Phi) is 4.75. The van der Waals surface area contributed by atoms with E-state index in [2.05, 4.69) is 64.4 Å². The number of hydrogen-bond acceptors (Lipinski definition) is 4. The zero-order valence-electron chi connectivity index (χ0n) is 18.2. The summed E-state index contributed by atoms with van der Waals surface area (Å²) in [7, 11) is 4.67. The fraction of sp³-hybridized carbons (Fsp3) is 0.760. The summed E-state index contributed by atoms with van der Waals surface area (Å²) in [5.41, 5.74) is 1.48. The average Bonchev–Trinajstić information content (AvgIpc) is 3.41. The molecule has 6 aliphatic heterocycles. The smallest absolute Gasteiger partial charge is 0.0259 e. The van der Waals surface area contributed by atoms with E-state index in [1.807, 2.05) is 0 Å². The third kappa shape index (κ3) is 3.02. The molecule has 8 atom stereocenters. The molecule has 6 fully saturated rings. The molecule has 6 saturated heterocycles. The lowest BCUT2D eigenvalue weighted by molar-refractivity contribution is 0.0190. The lowest BCUT2D eigenvalue weighted by atomic mass is 10.0. The second-order valence-corrected chi connectivity index (χ2v) is 10.6. The normalized spacial score (nSPS) is 45.4. The van der Waals surface area contributed by atoms with Crippen LogP contribution in [0.4, 0.5) is 0 Å². The van der Waals surface area contributed by atoms with Crippen LogP contribution < -0.4 is 5.32 Å². The highest BCUT2D eigenvalue weighted by Crippen LogP contribution is 2.45. The van der Waals surface area contributed by atoms with Gasteiger partial charge in [-0.2, -0.15) is 0 Å². The van der Waals surface area contributed by atoms with Crippen molar-refractivity contribution in [2.24, 2.45) is 0 Å². The summed E-state index contributed by atoms with van der Waals surface area (Å²) >= 11 is 0. The highest BCUT2D eigenvalue weighted by atomic mass is 15.4. The van der Waals surface area contributed by atoms with Crippen LogP contribution in [0.2, 0.25) is 0 Å². The zero-order chi connectivity index (χ0) is 19.5. The molecule has 29 heavy (non-hydrogen) atoms. The molecule has 1 aromatic carbocycles. The predicted octanol–water partition coefficient (Wildman–Crippen LogP) is 3.08. The number of nitrogens with zero attached hydrogens (tertiary/aromatic N) is 3. The van der Waals surface area contributed by atoms with Crippen LogP contribution in [0, 0.1) is 0 Å². The number of rotatable bonds is 2. The molecular formula is C25H38N4. The molecule has 4 heteroatoms. The van der Waals surface area contributed by atoms with Crippen LogP contribution in [0.1, 0.15) is 56.9 Å². The van der Waals surface area contributed by atoms with Crippen LogP contribution in [0.5, 0.6) is 0 Å². The zero-order valence-corrected chi connectivity index (χ0v) is 18.2. The molecule has 0 spiro atoms. The summed E-state index contributed by atoms with van der Waals surface area (Å²) in [4.78, 5) is 8.13. The molecule has 0 saturated carbocycles. The minimum Gasteiger partial charge on any atom is -0.308 e. The van der Waals surface area contributed by atoms with Crippen molar-refractivity contribution in [3.8, 4) is 0 Å². The van der Waals surface area contributed by atoms with Gasteiger partial charge in [-0.3, -0.25) is 14.7 Å². The monoisotopic (exact) mass is 394 g/mol. The van der Waals surface area contributed by atoms with Gasteiger partial charge in [0.05, 0.1) is 0 Å². The van der Waals surface area contributed by atoms with Gasteiger partial charge in [-0.25, -0.2) is 0 Å². The first kappa shape index (κ1) is 18.8. The Hall–Kier alpha value is -0.940. The van der Waals surface area contributed by atoms with Gasteiger partial charge in [0.2, 0.25) is 0 Å². The SMILES string of the molecule is CN1C2CCC1C1CCC2N1.CN1C2CCC1C1CCC2N1Cc1ccccc1. The van der Waals surface area contributed by atoms with Crippen LogP contribution in [0.15, 0.2) is 30.3 Å². The van der Waals surface area contributed by atoms with Crippen LogP contribution >= 0.6 is 0 Å². The van der Waals surface area contributed by atoms with Gasteiger partial charge in [-0.15, -0.1) is 0 Å². The Labute approximate surface area is 176 Å². The summed E-state index contributed by atoms with van der Waals surface area (Å²) in [6.07, 6.45) is 11.4. The van der Waals surface area contributed by atoms with E-state index in [0.29, 0.717) is 0 Å². The van der Waals surface area contributed by atoms with Gasteiger partial charge in [0.15, 0.2) is 0 Å². The van der Waals surface area contributed by atoms with Gasteiger partial charge in [0, 0.05) is 54.9 Å². The lowest BCUT2D eigenvalue weighted by Crippen LogP contribution is -2.58. The molecule has 6 aliphatic rings. The Balaban J connectivity index is 0.000000128. The molecule has 7 rings (SSSR count). The minimum absolute atomic E-state index is 0.818. The predicted molar refractivity (Wildman–Crippen MR) is 118 cm³/mol. The lowest BCUT2D eigenvalue weighted by Gasteiger charge is -2.45. The minimum atomic E-state index is 0.818. The number of hydrogen-bond donors (Lipinski definition) is 1. The van der Waals surface area contributed by atoms with Crippen molar-refractivity contribution in [2.75, 3.05) is 14.1 Å². The van der Waals surface area contributed by atoms with E-state index in [-0.39, 0.29) is 0 Å². The second kappa shape index (κ2) is 7.33. The van der Waals surface area contributed by atoms with Gasteiger partial charge in [0.25, 0.3) is 0 Å². The maximum Gasteiger partial charge on any atom is 0.0259 e. The third-order valence-corrected chi connectivity index (χ3v) is 9.46. The van der Waals surface area contributed by atoms with Gasteiger partial charge >= 0.3 is 0 Å². The maximum atomic E-state index is 3.74. The number of nitrogens with one attached hydrogen (secondary N) is 1. The average molecular weight is 395 g/mol. The summed E-state index contributed by atoms with van der Waals surface area (Å²) < 4.78 is 0. The molecule has 8 unspecified atom stereocenters. The van der Waals surface area contributed by atoms with Crippen LogP contribution in [-0.4, -0.2) is 77.1 Å². The Bertz CT molecular complexity index is 681. The molecule has 0 aromatic heterocycles. The largest absolute Gasteiger partial charge is 0.308 e. The molecule has 8 bridgehead atoms. The highest BCUT2D eigenvalue weighted by Gasteiger charge is 2.53. The fourth-order valence-electron chi connectivity index (χ4n) is 8.07. The number of piperazine rings is 2. The molecule has 1 aromatic rings. The van der Waals surface area contributed by atoms with E-state index in [1.54, 1.807) is 0 Å². The van der Waals surface area contributed by atoms with Crippen molar-refractivity contribution in [3.63, 3.8) is 0 Å². The van der Waals surface area contributed by atoms with Crippen LogP contribution in [0.3, 0.4) is 0 Å². The van der Waals surface area contributed by atoms with E-state index in [9.17, 15) is 0 Å². The van der Waals surface area contributed by atoms with Crippen LogP contribution in [0.25, 0.3) is 0 Å². The summed E-state index contributed by atoms with van der Waals surface area (Å²) in [6.45, 7) is 1.16. The van der Waals surface area contributed by atoms with E-state index >= 15 is 0 Å². The van der Waals surface area contributed by atoms with Gasteiger partial charge < -0.3 is 5.32 Å². The van der Waals surface area contributed by atoms with Crippen molar-refractivity contribution in [3.05, 3.63) is 35.9 Å². The van der Waals surface area contributed by atoms with Crippen molar-refractivity contribution in [1.29, 1.82) is 0 Å². The molecule has 1 N–H and O–H groups in total. The van der Waals surface area contributed by atoms with Gasteiger partial charge in [0.1, 0.15) is 0 Å². The van der Waals surface area contributed by atoms with Crippen LogP contribution in [-0.2, 0) is 6.54 Å². The summed E-state index contributed by atoms with van der Waals surface area (Å²) in [5, 5.41) is 3.74. The van der Waals surface area contributed by atoms with Crippen molar-refractivity contribution in [1.82, 2.24) is 20.0 Å². The first-order chi connectivity index (χ1) is 14.2. The van der Waals surface area contributed by atoms with E-state index in [0.717, 1.165) is 54.9 Å². The Morgan fingerprint density at radius 2 is 1.14 bits per heavy atom. The molecule has 4 nitrogen and oxygen atoms in total. The maximum absolute atomic E-state index is 3.74. The third-order valence-electron chi connectivity index (χ3n) is 9.46. The first-order valence-corrected chi connectivity index (χ1v) is 12.2. The van der Waals surface area contributed by atoms with Gasteiger partial charge in [-0.1, -0.05) is 30.3 Å². The Morgan fingerprint density at radius 1 is 0.655 bits per heavy atom. The Morgan fingerprint density at radius 3 is 1.72 bits per heavy atom. The number of fused-ring (bicyclic) bond motifs is 12. The molecule has 0 radical (unpaired) electrons. The number of benzene rings is 1. The van der Waals surface area contributed by atoms with Crippen molar-refractivity contribution < 1.29 is 0 Å². The highest BCUT2D eigenvalue weighted by molar-refractivity contribution is 5.18. The van der Waals surface area contributed by atoms with Crippen molar-refractivity contribution >= 4 is 0 Å². The summed E-state index contributed by atoms with van der Waals surface area (Å²) in [5.74, 6) is 0. The van der Waals surface area contributed by atoms with E-state index in [1.165, 1.54) is 56.9 Å². The topological polar surface area (TPSA) is 21.8 Å². The van der Waals surface area contributed by atoms with E-state index < -0.39 is 0 Å². The molecular weight excluding hydrogens is 356 g/mol. The van der Waals surface area contributed by atoms with Gasteiger partial charge in [-0.05, 0) is 71.0 Å². The van der Waals surface area contributed by atoms with Crippen molar-refractivity contribution in [2.45, 2.75) is 106 Å². The molecule has 158 valence electrons. The van der Waals surface area contributed by atoms with E-state index in [4.69, 9.17) is 0 Å². The molecule has 0 aliphatic carbocycles. The summed E-state index contributed by atoms with van der Waals surface area (Å²) in [6, 6.07) is 17.7. The standard InChI is InChI=1S/C16H22N2.C9H16N2/c1-17-13-7-8-14(17)16-10-9-15(13)18(16)11-12-5-3-2-4-6-12;1-11-8-4-5-9(11)7-3-2-6(8)10-7/h2-6,13-16H,7-11H2,1H3;6-10H,2-5H2,1H3. The second-order valence-electron chi connectivity index (χ2n) is 10.6.